The molecule has 0 aliphatic heterocycles. The number of aromatic hydroxyl groups is 1. The molecule has 0 radical (unpaired) electrons. The van der Waals surface area contributed by atoms with Crippen molar-refractivity contribution in [3.63, 3.8) is 0 Å². The summed E-state index contributed by atoms with van der Waals surface area (Å²) in [7, 11) is 0. The van der Waals surface area contributed by atoms with Crippen LogP contribution >= 0.6 is 0 Å². The number of furan rings is 1. The second-order valence-electron chi connectivity index (χ2n) is 7.30. The van der Waals surface area contributed by atoms with E-state index in [-0.39, 0.29) is 23.3 Å². The lowest BCUT2D eigenvalue weighted by molar-refractivity contribution is 0.0919. The highest BCUT2D eigenvalue weighted by Gasteiger charge is 2.28. The molecule has 0 saturated carbocycles. The van der Waals surface area contributed by atoms with E-state index in [0.717, 1.165) is 17.5 Å². The van der Waals surface area contributed by atoms with Crippen molar-refractivity contribution in [2.45, 2.75) is 32.7 Å². The quantitative estimate of drug-likeness (QED) is 0.551. The molecule has 1 aliphatic rings. The Morgan fingerprint density at radius 3 is 2.71 bits per heavy atom. The van der Waals surface area contributed by atoms with E-state index in [1.54, 1.807) is 12.4 Å². The van der Waals surface area contributed by atoms with Crippen molar-refractivity contribution in [3.8, 4) is 5.75 Å². The first-order valence-corrected chi connectivity index (χ1v) is 9.98. The van der Waals surface area contributed by atoms with Gasteiger partial charge in [-0.05, 0) is 55.7 Å². The number of aryl methyl sites for hydroxylation is 1. The van der Waals surface area contributed by atoms with Crippen LogP contribution in [-0.4, -0.2) is 27.6 Å². The standard InChI is InChI=1S/C23H22N4O4/c1-14-20-18(26-27-22(29)16-7-9-17(28)10-8-16)5-2-6-19(20)31-21(14)23(30)25-13-15-4-3-11-24-12-15/h3-4,7-12,28H,2,5-6,13H2,1H3,(H,25,30)(H,27,29)/b26-18+. The molecule has 0 fully saturated rings. The molecule has 2 amide bonds. The molecule has 158 valence electrons. The molecular weight excluding hydrogens is 396 g/mol. The van der Waals surface area contributed by atoms with Crippen LogP contribution in [0.4, 0.5) is 0 Å². The van der Waals surface area contributed by atoms with E-state index in [2.05, 4.69) is 20.8 Å². The molecule has 2 heterocycles. The summed E-state index contributed by atoms with van der Waals surface area (Å²) in [5, 5.41) is 16.5. The van der Waals surface area contributed by atoms with Gasteiger partial charge in [0.25, 0.3) is 11.8 Å². The normalized spacial score (nSPS) is 14.2. The second kappa shape index (κ2) is 8.83. The van der Waals surface area contributed by atoms with Gasteiger partial charge in [0.2, 0.25) is 0 Å². The summed E-state index contributed by atoms with van der Waals surface area (Å²) >= 11 is 0. The Morgan fingerprint density at radius 1 is 1.16 bits per heavy atom. The molecule has 2 aromatic heterocycles. The van der Waals surface area contributed by atoms with Crippen LogP contribution in [0.1, 0.15) is 56.2 Å². The lowest BCUT2D eigenvalue weighted by Crippen LogP contribution is -2.23. The van der Waals surface area contributed by atoms with Crippen LogP contribution in [0.25, 0.3) is 0 Å². The predicted molar refractivity (Wildman–Crippen MR) is 114 cm³/mol. The number of hydrogen-bond donors (Lipinski definition) is 3. The van der Waals surface area contributed by atoms with Crippen molar-refractivity contribution in [1.82, 2.24) is 15.7 Å². The fourth-order valence-electron chi connectivity index (χ4n) is 3.56. The van der Waals surface area contributed by atoms with Crippen LogP contribution in [-0.2, 0) is 13.0 Å². The predicted octanol–water partition coefficient (Wildman–Crippen LogP) is 3.09. The first kappa shape index (κ1) is 20.3. The summed E-state index contributed by atoms with van der Waals surface area (Å²) in [6.07, 6.45) is 5.56. The van der Waals surface area contributed by atoms with E-state index in [0.29, 0.717) is 42.0 Å². The number of hydrogen-bond acceptors (Lipinski definition) is 6. The third-order valence-electron chi connectivity index (χ3n) is 5.13. The average molecular weight is 418 g/mol. The molecule has 3 aromatic rings. The van der Waals surface area contributed by atoms with E-state index in [4.69, 9.17) is 4.42 Å². The highest BCUT2D eigenvalue weighted by molar-refractivity contribution is 6.07. The molecule has 0 unspecified atom stereocenters. The van der Waals surface area contributed by atoms with Gasteiger partial charge in [0.15, 0.2) is 5.76 Å². The van der Waals surface area contributed by atoms with Gasteiger partial charge < -0.3 is 14.8 Å². The fraction of sp³-hybridized carbons (Fsp3) is 0.217. The summed E-state index contributed by atoms with van der Waals surface area (Å²) in [4.78, 5) is 29.1. The number of carbonyl (C=O) groups excluding carboxylic acids is 2. The summed E-state index contributed by atoms with van der Waals surface area (Å²) in [6, 6.07) is 9.62. The van der Waals surface area contributed by atoms with E-state index >= 15 is 0 Å². The van der Waals surface area contributed by atoms with Crippen molar-refractivity contribution < 1.29 is 19.1 Å². The lowest BCUT2D eigenvalue weighted by atomic mass is 9.93. The largest absolute Gasteiger partial charge is 0.508 e. The first-order chi connectivity index (χ1) is 15.0. The molecule has 0 spiro atoms. The van der Waals surface area contributed by atoms with Gasteiger partial charge in [-0.25, -0.2) is 5.43 Å². The molecule has 0 saturated heterocycles. The van der Waals surface area contributed by atoms with E-state index in [1.807, 2.05) is 19.1 Å². The van der Waals surface area contributed by atoms with Gasteiger partial charge in [-0.15, -0.1) is 0 Å². The lowest BCUT2D eigenvalue weighted by Gasteiger charge is -2.13. The molecule has 0 atom stereocenters. The van der Waals surface area contributed by atoms with Crippen LogP contribution < -0.4 is 10.7 Å². The molecule has 4 rings (SSSR count). The maximum atomic E-state index is 12.7. The SMILES string of the molecule is Cc1c(C(=O)NCc2cccnc2)oc2c1/C(=N/NC(=O)c1ccc(O)cc1)CCC2. The number of pyridine rings is 1. The third-order valence-corrected chi connectivity index (χ3v) is 5.13. The number of phenolic OH excluding ortho intramolecular Hbond substituents is 1. The van der Waals surface area contributed by atoms with E-state index in [1.165, 1.54) is 24.3 Å². The number of amides is 2. The average Bonchev–Trinajstić information content (AvgIpc) is 3.14. The molecular formula is C23H22N4O4. The van der Waals surface area contributed by atoms with Crippen molar-refractivity contribution in [1.29, 1.82) is 0 Å². The van der Waals surface area contributed by atoms with Crippen LogP contribution in [0.3, 0.4) is 0 Å². The number of fused-ring (bicyclic) bond motifs is 1. The maximum absolute atomic E-state index is 12.7. The molecule has 8 heteroatoms. The minimum absolute atomic E-state index is 0.0862. The third kappa shape index (κ3) is 4.48. The Labute approximate surface area is 179 Å². The van der Waals surface area contributed by atoms with Crippen LogP contribution in [0.15, 0.2) is 58.3 Å². The van der Waals surface area contributed by atoms with Gasteiger partial charge in [-0.2, -0.15) is 5.10 Å². The molecule has 0 bridgehead atoms. The van der Waals surface area contributed by atoms with Gasteiger partial charge >= 0.3 is 0 Å². The summed E-state index contributed by atoms with van der Waals surface area (Å²) < 4.78 is 5.87. The number of nitrogens with zero attached hydrogens (tertiary/aromatic N) is 2. The van der Waals surface area contributed by atoms with E-state index < -0.39 is 0 Å². The highest BCUT2D eigenvalue weighted by atomic mass is 16.4. The van der Waals surface area contributed by atoms with Crippen LogP contribution in [0.2, 0.25) is 0 Å². The van der Waals surface area contributed by atoms with Crippen molar-refractivity contribution in [2.24, 2.45) is 5.10 Å². The topological polar surface area (TPSA) is 117 Å². The van der Waals surface area contributed by atoms with Crippen molar-refractivity contribution in [2.75, 3.05) is 0 Å². The summed E-state index contributed by atoms with van der Waals surface area (Å²) in [6.45, 7) is 2.17. The number of carbonyl (C=O) groups is 2. The van der Waals surface area contributed by atoms with Gasteiger partial charge in [0, 0.05) is 42.0 Å². The van der Waals surface area contributed by atoms with E-state index in [9.17, 15) is 14.7 Å². The number of hydrazone groups is 1. The number of nitrogens with one attached hydrogen (secondary N) is 2. The number of phenols is 1. The molecule has 3 N–H and O–H groups in total. The Balaban J connectivity index is 1.51. The Hall–Kier alpha value is -3.94. The highest BCUT2D eigenvalue weighted by Crippen LogP contribution is 2.30. The minimum atomic E-state index is -0.379. The molecule has 1 aromatic carbocycles. The zero-order valence-corrected chi connectivity index (χ0v) is 17.0. The van der Waals surface area contributed by atoms with Crippen molar-refractivity contribution >= 4 is 17.5 Å². The minimum Gasteiger partial charge on any atom is -0.508 e. The van der Waals surface area contributed by atoms with Gasteiger partial charge in [0.05, 0.1) is 5.71 Å². The van der Waals surface area contributed by atoms with Crippen LogP contribution in [0.5, 0.6) is 5.75 Å². The molecule has 1 aliphatic carbocycles. The first-order valence-electron chi connectivity index (χ1n) is 9.98. The smallest absolute Gasteiger partial charge is 0.287 e. The molecule has 31 heavy (non-hydrogen) atoms. The maximum Gasteiger partial charge on any atom is 0.287 e. The Bertz CT molecular complexity index is 1130. The number of benzene rings is 1. The Kier molecular flexibility index (Phi) is 5.79. The zero-order valence-electron chi connectivity index (χ0n) is 17.0. The second-order valence-corrected chi connectivity index (χ2v) is 7.30. The van der Waals surface area contributed by atoms with Crippen LogP contribution in [0, 0.1) is 6.92 Å². The Morgan fingerprint density at radius 2 is 1.97 bits per heavy atom. The fourth-order valence-corrected chi connectivity index (χ4v) is 3.56. The summed E-state index contributed by atoms with van der Waals surface area (Å²) in [5.41, 5.74) is 6.01. The van der Waals surface area contributed by atoms with Gasteiger partial charge in [0.1, 0.15) is 11.5 Å². The molecule has 8 nitrogen and oxygen atoms in total. The van der Waals surface area contributed by atoms with Crippen molar-refractivity contribution in [3.05, 3.63) is 82.6 Å². The number of aromatic nitrogens is 1. The monoisotopic (exact) mass is 418 g/mol. The zero-order chi connectivity index (χ0) is 21.8. The summed E-state index contributed by atoms with van der Waals surface area (Å²) in [5.74, 6) is 0.364. The van der Waals surface area contributed by atoms with Gasteiger partial charge in [-0.1, -0.05) is 6.07 Å². The number of rotatable bonds is 5. The van der Waals surface area contributed by atoms with Gasteiger partial charge in [-0.3, -0.25) is 14.6 Å².